The molecule has 4 nitrogen and oxygen atoms in total. The monoisotopic (exact) mass is 239 g/mol. The summed E-state index contributed by atoms with van der Waals surface area (Å²) in [5.74, 6) is 0. The molecule has 0 aliphatic carbocycles. The van der Waals surface area contributed by atoms with Crippen LogP contribution in [0.2, 0.25) is 0 Å². The first kappa shape index (κ1) is 14.2. The summed E-state index contributed by atoms with van der Waals surface area (Å²) in [7, 11) is 0. The van der Waals surface area contributed by atoms with E-state index in [-0.39, 0.29) is 12.0 Å². The van der Waals surface area contributed by atoms with Crippen molar-refractivity contribution in [2.75, 3.05) is 13.2 Å². The van der Waals surface area contributed by atoms with Gasteiger partial charge in [-0.3, -0.25) is 0 Å². The van der Waals surface area contributed by atoms with E-state index in [2.05, 4.69) is 42.6 Å². The minimum Gasteiger partial charge on any atom is -0.396 e. The fraction of sp³-hybridized carbons (Fsp3) is 0.769. The summed E-state index contributed by atoms with van der Waals surface area (Å²) < 4.78 is 2.17. The van der Waals surface area contributed by atoms with E-state index in [1.165, 1.54) is 5.69 Å². The van der Waals surface area contributed by atoms with Crippen LogP contribution < -0.4 is 5.32 Å². The molecular formula is C13H25N3O. The first-order valence-corrected chi connectivity index (χ1v) is 6.28. The Hall–Kier alpha value is -0.870. The molecule has 0 atom stereocenters. The lowest BCUT2D eigenvalue weighted by Crippen LogP contribution is -2.30. The summed E-state index contributed by atoms with van der Waals surface area (Å²) in [6, 6.07) is 0.444. The van der Waals surface area contributed by atoms with Crippen LogP contribution in [0.1, 0.15) is 45.9 Å². The molecular weight excluding hydrogens is 214 g/mol. The van der Waals surface area contributed by atoms with Crippen LogP contribution in [0.5, 0.6) is 0 Å². The van der Waals surface area contributed by atoms with Crippen molar-refractivity contribution in [1.82, 2.24) is 14.9 Å². The van der Waals surface area contributed by atoms with Crippen LogP contribution in [0.3, 0.4) is 0 Å². The molecule has 0 aliphatic rings. The minimum absolute atomic E-state index is 0.136. The molecule has 0 unspecified atom stereocenters. The molecule has 0 fully saturated rings. The van der Waals surface area contributed by atoms with Crippen LogP contribution in [0.4, 0.5) is 0 Å². The first-order valence-electron chi connectivity index (χ1n) is 6.28. The predicted octanol–water partition coefficient (Wildman–Crippen LogP) is 1.96. The molecule has 4 heteroatoms. The second kappa shape index (κ2) is 6.17. The highest BCUT2D eigenvalue weighted by Gasteiger charge is 2.16. The van der Waals surface area contributed by atoms with Gasteiger partial charge < -0.3 is 15.0 Å². The van der Waals surface area contributed by atoms with Crippen LogP contribution in [0.15, 0.2) is 12.5 Å². The summed E-state index contributed by atoms with van der Waals surface area (Å²) in [4.78, 5) is 4.18. The number of imidazole rings is 1. The fourth-order valence-corrected chi connectivity index (χ4v) is 1.85. The van der Waals surface area contributed by atoms with Crippen molar-refractivity contribution >= 4 is 0 Å². The van der Waals surface area contributed by atoms with Gasteiger partial charge in [0.15, 0.2) is 0 Å². The van der Waals surface area contributed by atoms with Gasteiger partial charge >= 0.3 is 0 Å². The number of aliphatic hydroxyl groups excluding tert-OH is 1. The molecule has 98 valence electrons. The Balaban J connectivity index is 2.43. The number of aromatic nitrogens is 2. The topological polar surface area (TPSA) is 50.1 Å². The van der Waals surface area contributed by atoms with Gasteiger partial charge in [0.1, 0.15) is 0 Å². The zero-order valence-electron chi connectivity index (χ0n) is 11.4. The smallest absolute Gasteiger partial charge is 0.0951 e. The Morgan fingerprint density at radius 2 is 2.18 bits per heavy atom. The van der Waals surface area contributed by atoms with Crippen LogP contribution in [-0.4, -0.2) is 27.8 Å². The van der Waals surface area contributed by atoms with Crippen molar-refractivity contribution < 1.29 is 5.11 Å². The Bertz CT molecular complexity index is 331. The van der Waals surface area contributed by atoms with Crippen LogP contribution in [0, 0.1) is 5.41 Å². The maximum absolute atomic E-state index is 8.96. The minimum atomic E-state index is 0.136. The van der Waals surface area contributed by atoms with Gasteiger partial charge in [0.05, 0.1) is 12.0 Å². The number of hydrogen-bond acceptors (Lipinski definition) is 3. The quantitative estimate of drug-likeness (QED) is 0.765. The maximum Gasteiger partial charge on any atom is 0.0951 e. The normalized spacial score (nSPS) is 12.4. The van der Waals surface area contributed by atoms with E-state index in [1.54, 1.807) is 0 Å². The molecule has 2 N–H and O–H groups in total. The molecule has 0 aromatic carbocycles. The summed E-state index contributed by atoms with van der Waals surface area (Å²) in [5.41, 5.74) is 1.34. The average Bonchev–Trinajstić information content (AvgIpc) is 2.65. The lowest BCUT2D eigenvalue weighted by molar-refractivity contribution is 0.206. The standard InChI is InChI=1S/C13H25N3O/c1-11(2)16-10-15-8-12(16)7-14-9-13(3,4)5-6-17/h8,10-11,14,17H,5-7,9H2,1-4H3. The summed E-state index contributed by atoms with van der Waals surface area (Å²) >= 11 is 0. The Morgan fingerprint density at radius 1 is 1.47 bits per heavy atom. The molecule has 0 spiro atoms. The largest absolute Gasteiger partial charge is 0.396 e. The molecule has 1 rings (SSSR count). The summed E-state index contributed by atoms with van der Waals surface area (Å²) in [6.07, 6.45) is 4.61. The van der Waals surface area contributed by atoms with Crippen molar-refractivity contribution in [2.24, 2.45) is 5.41 Å². The van der Waals surface area contributed by atoms with Gasteiger partial charge in [0, 0.05) is 31.9 Å². The van der Waals surface area contributed by atoms with Crippen molar-refractivity contribution in [3.05, 3.63) is 18.2 Å². The third kappa shape index (κ3) is 4.48. The number of aliphatic hydroxyl groups is 1. The van der Waals surface area contributed by atoms with Gasteiger partial charge in [0.2, 0.25) is 0 Å². The molecule has 17 heavy (non-hydrogen) atoms. The number of nitrogens with zero attached hydrogens (tertiary/aromatic N) is 2. The van der Waals surface area contributed by atoms with Crippen molar-refractivity contribution in [2.45, 2.75) is 46.7 Å². The molecule has 0 saturated carbocycles. The van der Waals surface area contributed by atoms with E-state index in [1.807, 2.05) is 12.5 Å². The highest BCUT2D eigenvalue weighted by atomic mass is 16.3. The van der Waals surface area contributed by atoms with E-state index < -0.39 is 0 Å². The Labute approximate surface area is 104 Å². The molecule has 0 aliphatic heterocycles. The third-order valence-electron chi connectivity index (χ3n) is 3.00. The van der Waals surface area contributed by atoms with Gasteiger partial charge in [0.25, 0.3) is 0 Å². The van der Waals surface area contributed by atoms with Crippen LogP contribution in [0.25, 0.3) is 0 Å². The van der Waals surface area contributed by atoms with Gasteiger partial charge in [-0.25, -0.2) is 4.98 Å². The lowest BCUT2D eigenvalue weighted by atomic mass is 9.90. The summed E-state index contributed by atoms with van der Waals surface area (Å²) in [5, 5.41) is 12.4. The zero-order valence-corrected chi connectivity index (χ0v) is 11.4. The van der Waals surface area contributed by atoms with E-state index in [0.717, 1.165) is 19.5 Å². The van der Waals surface area contributed by atoms with Gasteiger partial charge in [-0.2, -0.15) is 0 Å². The second-order valence-corrected chi connectivity index (χ2v) is 5.63. The number of hydrogen-bond donors (Lipinski definition) is 2. The molecule has 0 bridgehead atoms. The number of nitrogens with one attached hydrogen (secondary N) is 1. The van der Waals surface area contributed by atoms with E-state index >= 15 is 0 Å². The van der Waals surface area contributed by atoms with Crippen LogP contribution >= 0.6 is 0 Å². The summed E-state index contributed by atoms with van der Waals surface area (Å²) in [6.45, 7) is 10.6. The zero-order chi connectivity index (χ0) is 12.9. The number of rotatable bonds is 7. The third-order valence-corrected chi connectivity index (χ3v) is 3.00. The van der Waals surface area contributed by atoms with Crippen molar-refractivity contribution in [3.8, 4) is 0 Å². The molecule has 1 heterocycles. The Morgan fingerprint density at radius 3 is 2.76 bits per heavy atom. The van der Waals surface area contributed by atoms with Crippen molar-refractivity contribution in [3.63, 3.8) is 0 Å². The highest BCUT2D eigenvalue weighted by molar-refractivity contribution is 4.99. The van der Waals surface area contributed by atoms with Crippen LogP contribution in [-0.2, 0) is 6.54 Å². The van der Waals surface area contributed by atoms with E-state index in [9.17, 15) is 0 Å². The van der Waals surface area contributed by atoms with Crippen molar-refractivity contribution in [1.29, 1.82) is 0 Å². The molecule has 0 amide bonds. The fourth-order valence-electron chi connectivity index (χ4n) is 1.85. The molecule has 1 aromatic heterocycles. The first-order chi connectivity index (χ1) is 7.96. The molecule has 0 saturated heterocycles. The average molecular weight is 239 g/mol. The maximum atomic E-state index is 8.96. The Kier molecular flexibility index (Phi) is 5.15. The van der Waals surface area contributed by atoms with E-state index in [0.29, 0.717) is 6.04 Å². The van der Waals surface area contributed by atoms with Gasteiger partial charge in [-0.05, 0) is 25.7 Å². The SMILES string of the molecule is CC(C)n1cncc1CNCC(C)(C)CCO. The molecule has 1 aromatic rings. The highest BCUT2D eigenvalue weighted by Crippen LogP contribution is 2.18. The molecule has 0 radical (unpaired) electrons. The lowest BCUT2D eigenvalue weighted by Gasteiger charge is -2.24. The van der Waals surface area contributed by atoms with E-state index in [4.69, 9.17) is 5.11 Å². The predicted molar refractivity (Wildman–Crippen MR) is 69.8 cm³/mol. The van der Waals surface area contributed by atoms with Gasteiger partial charge in [-0.1, -0.05) is 13.8 Å². The van der Waals surface area contributed by atoms with Gasteiger partial charge in [-0.15, -0.1) is 0 Å². The second-order valence-electron chi connectivity index (χ2n) is 5.63.